The first-order valence-electron chi connectivity index (χ1n) is 9.98. The minimum atomic E-state index is -3.65. The van der Waals surface area contributed by atoms with Gasteiger partial charge in [-0.05, 0) is 29.8 Å². The van der Waals surface area contributed by atoms with Crippen LogP contribution in [-0.4, -0.2) is 60.1 Å². The van der Waals surface area contributed by atoms with Gasteiger partial charge in [-0.3, -0.25) is 9.21 Å². The molecule has 1 aromatic heterocycles. The molecular formula is C21H22F2N4O4S. The van der Waals surface area contributed by atoms with Crippen LogP contribution < -0.4 is 4.31 Å². The predicted molar refractivity (Wildman–Crippen MR) is 114 cm³/mol. The van der Waals surface area contributed by atoms with Gasteiger partial charge in [-0.15, -0.1) is 10.2 Å². The Labute approximate surface area is 184 Å². The van der Waals surface area contributed by atoms with Crippen LogP contribution in [0.1, 0.15) is 17.9 Å². The normalized spacial score (nSPS) is 15.1. The molecule has 32 heavy (non-hydrogen) atoms. The molecule has 11 heteroatoms. The van der Waals surface area contributed by atoms with Crippen molar-refractivity contribution < 1.29 is 26.7 Å². The summed E-state index contributed by atoms with van der Waals surface area (Å²) in [4.78, 5) is 1.89. The molecule has 0 atom stereocenters. The minimum absolute atomic E-state index is 0.0314. The molecule has 3 aromatic rings. The van der Waals surface area contributed by atoms with Crippen LogP contribution in [0.2, 0.25) is 0 Å². The van der Waals surface area contributed by atoms with E-state index in [0.717, 1.165) is 0 Å². The van der Waals surface area contributed by atoms with Crippen LogP contribution in [0.25, 0.3) is 11.5 Å². The molecular weight excluding hydrogens is 442 g/mol. The van der Waals surface area contributed by atoms with Crippen LogP contribution in [0.3, 0.4) is 0 Å². The summed E-state index contributed by atoms with van der Waals surface area (Å²) in [5.74, 6) is -0.860. The van der Waals surface area contributed by atoms with E-state index in [9.17, 15) is 22.3 Å². The van der Waals surface area contributed by atoms with Crippen LogP contribution in [-0.2, 0) is 16.6 Å². The van der Waals surface area contributed by atoms with Gasteiger partial charge in [0.1, 0.15) is 0 Å². The summed E-state index contributed by atoms with van der Waals surface area (Å²) in [5.41, 5.74) is 1.70. The quantitative estimate of drug-likeness (QED) is 0.520. The molecule has 1 N–H and O–H groups in total. The first kappa shape index (κ1) is 22.3. The Kier molecular flexibility index (Phi) is 6.49. The van der Waals surface area contributed by atoms with E-state index >= 15 is 0 Å². The highest BCUT2D eigenvalue weighted by atomic mass is 32.2. The zero-order valence-electron chi connectivity index (χ0n) is 17.0. The number of β-amino-alcohol motifs (C(OH)–C–C–N with tert-alkyl or cyclic N) is 1. The van der Waals surface area contributed by atoms with E-state index in [4.69, 9.17) is 4.42 Å². The molecule has 0 unspecified atom stereocenters. The van der Waals surface area contributed by atoms with Gasteiger partial charge in [0.2, 0.25) is 15.9 Å². The third-order valence-corrected chi connectivity index (χ3v) is 6.85. The SMILES string of the molecule is O=S(=O)(CCN1CC(O)C1)N(Cc1ccc(-c2nnc(C(F)F)o2)cc1)c1ccccc1. The molecule has 1 aliphatic heterocycles. The molecule has 2 heterocycles. The monoisotopic (exact) mass is 464 g/mol. The molecule has 8 nitrogen and oxygen atoms in total. The highest BCUT2D eigenvalue weighted by Crippen LogP contribution is 2.25. The first-order chi connectivity index (χ1) is 15.3. The molecule has 1 aliphatic rings. The number of alkyl halides is 2. The summed E-state index contributed by atoms with van der Waals surface area (Å²) < 4.78 is 57.9. The number of aromatic nitrogens is 2. The third-order valence-electron chi connectivity index (χ3n) is 5.14. The van der Waals surface area contributed by atoms with Gasteiger partial charge in [-0.2, -0.15) is 8.78 Å². The molecule has 4 rings (SSSR count). The number of aliphatic hydroxyl groups is 1. The number of benzene rings is 2. The Hall–Kier alpha value is -2.89. The molecule has 170 valence electrons. The van der Waals surface area contributed by atoms with Crippen LogP contribution in [0.15, 0.2) is 59.0 Å². The largest absolute Gasteiger partial charge is 0.415 e. The molecule has 1 saturated heterocycles. The van der Waals surface area contributed by atoms with Crippen LogP contribution in [0.4, 0.5) is 14.5 Å². The Balaban J connectivity index is 1.51. The van der Waals surface area contributed by atoms with Crippen molar-refractivity contribution in [3.8, 4) is 11.5 Å². The predicted octanol–water partition coefficient (Wildman–Crippen LogP) is 2.69. The van der Waals surface area contributed by atoms with Crippen molar-refractivity contribution in [2.75, 3.05) is 29.7 Å². The molecule has 0 spiro atoms. The zero-order valence-corrected chi connectivity index (χ0v) is 17.8. The van der Waals surface area contributed by atoms with Crippen LogP contribution in [0, 0.1) is 0 Å². The van der Waals surface area contributed by atoms with Crippen molar-refractivity contribution in [3.63, 3.8) is 0 Å². The second-order valence-electron chi connectivity index (χ2n) is 7.51. The van der Waals surface area contributed by atoms with E-state index in [1.165, 1.54) is 4.31 Å². The Bertz CT molecular complexity index is 1130. The summed E-state index contributed by atoms with van der Waals surface area (Å²) in [7, 11) is -3.65. The second kappa shape index (κ2) is 9.31. The lowest BCUT2D eigenvalue weighted by Gasteiger charge is -2.36. The lowest BCUT2D eigenvalue weighted by molar-refractivity contribution is 0.00622. The number of halogens is 2. The van der Waals surface area contributed by atoms with Gasteiger partial charge in [0.05, 0.1) is 24.1 Å². The first-order valence-corrected chi connectivity index (χ1v) is 11.6. The molecule has 0 amide bonds. The highest BCUT2D eigenvalue weighted by Gasteiger charge is 2.28. The second-order valence-corrected chi connectivity index (χ2v) is 9.53. The van der Waals surface area contributed by atoms with Gasteiger partial charge in [-0.25, -0.2) is 8.42 Å². The van der Waals surface area contributed by atoms with E-state index < -0.39 is 28.4 Å². The molecule has 1 fully saturated rings. The van der Waals surface area contributed by atoms with E-state index in [1.807, 2.05) is 11.0 Å². The van der Waals surface area contributed by atoms with E-state index in [0.29, 0.717) is 36.4 Å². The number of rotatable bonds is 9. The van der Waals surface area contributed by atoms with E-state index in [2.05, 4.69) is 10.2 Å². The maximum absolute atomic E-state index is 13.1. The van der Waals surface area contributed by atoms with Crippen molar-refractivity contribution in [3.05, 3.63) is 66.1 Å². The number of hydrogen-bond donors (Lipinski definition) is 1. The summed E-state index contributed by atoms with van der Waals surface area (Å²) in [5, 5.41) is 16.3. The maximum atomic E-state index is 13.1. The van der Waals surface area contributed by atoms with Gasteiger partial charge in [0.15, 0.2) is 0 Å². The van der Waals surface area contributed by atoms with Crippen LogP contribution >= 0.6 is 0 Å². The summed E-state index contributed by atoms with van der Waals surface area (Å²) in [6, 6.07) is 15.4. The summed E-state index contributed by atoms with van der Waals surface area (Å²) >= 11 is 0. The van der Waals surface area contributed by atoms with Crippen molar-refractivity contribution in [2.24, 2.45) is 0 Å². The van der Waals surface area contributed by atoms with Crippen molar-refractivity contribution in [1.82, 2.24) is 15.1 Å². The fraction of sp³-hybridized carbons (Fsp3) is 0.333. The molecule has 0 radical (unpaired) electrons. The number of para-hydroxylation sites is 1. The Morgan fingerprint density at radius 1 is 1.09 bits per heavy atom. The molecule has 2 aromatic carbocycles. The summed E-state index contributed by atoms with van der Waals surface area (Å²) in [6.45, 7) is 1.39. The lowest BCUT2D eigenvalue weighted by Crippen LogP contribution is -2.52. The molecule has 0 bridgehead atoms. The van der Waals surface area contributed by atoms with E-state index in [-0.39, 0.29) is 18.2 Å². The number of sulfonamides is 1. The van der Waals surface area contributed by atoms with Gasteiger partial charge >= 0.3 is 6.43 Å². The standard InChI is InChI=1S/C21H22F2N4O4S/c22-19(23)21-25-24-20(31-21)16-8-6-15(7-9-16)12-27(17-4-2-1-3-5-17)32(29,30)11-10-26-13-18(28)14-26/h1-9,18-19,28H,10-14H2. The average Bonchev–Trinajstić information content (AvgIpc) is 3.26. The van der Waals surface area contributed by atoms with Gasteiger partial charge < -0.3 is 9.52 Å². The zero-order chi connectivity index (χ0) is 22.7. The van der Waals surface area contributed by atoms with Crippen molar-refractivity contribution in [1.29, 1.82) is 0 Å². The highest BCUT2D eigenvalue weighted by molar-refractivity contribution is 7.92. The summed E-state index contributed by atoms with van der Waals surface area (Å²) in [6.07, 6.45) is -3.24. The fourth-order valence-electron chi connectivity index (χ4n) is 3.38. The van der Waals surface area contributed by atoms with E-state index in [1.54, 1.807) is 48.5 Å². The lowest BCUT2D eigenvalue weighted by atomic mass is 10.1. The van der Waals surface area contributed by atoms with Gasteiger partial charge in [0.25, 0.3) is 5.89 Å². The van der Waals surface area contributed by atoms with Gasteiger partial charge in [0, 0.05) is 25.2 Å². The number of hydrogen-bond acceptors (Lipinski definition) is 7. The smallest absolute Gasteiger partial charge is 0.314 e. The fourth-order valence-corrected chi connectivity index (χ4v) is 4.88. The van der Waals surface area contributed by atoms with Gasteiger partial charge in [-0.1, -0.05) is 30.3 Å². The van der Waals surface area contributed by atoms with Crippen molar-refractivity contribution in [2.45, 2.75) is 19.1 Å². The number of nitrogens with zero attached hydrogens (tertiary/aromatic N) is 4. The Morgan fingerprint density at radius 3 is 2.38 bits per heavy atom. The number of anilines is 1. The Morgan fingerprint density at radius 2 is 1.78 bits per heavy atom. The topological polar surface area (TPSA) is 99.8 Å². The van der Waals surface area contributed by atoms with Crippen molar-refractivity contribution >= 4 is 15.7 Å². The number of aliphatic hydroxyl groups excluding tert-OH is 1. The number of likely N-dealkylation sites (tertiary alicyclic amines) is 1. The maximum Gasteiger partial charge on any atom is 0.314 e. The minimum Gasteiger partial charge on any atom is -0.415 e. The third kappa shape index (κ3) is 5.12. The van der Waals surface area contributed by atoms with Crippen LogP contribution in [0.5, 0.6) is 0 Å². The molecule has 0 aliphatic carbocycles. The average molecular weight is 464 g/mol. The molecule has 0 saturated carbocycles.